The highest BCUT2D eigenvalue weighted by atomic mass is 16.3. The molecule has 0 heterocycles. The van der Waals surface area contributed by atoms with E-state index < -0.39 is 0 Å². The fourth-order valence-electron chi connectivity index (χ4n) is 3.31. The average Bonchev–Trinajstić information content (AvgIpc) is 2.67. The van der Waals surface area contributed by atoms with E-state index in [1.165, 1.54) is 49.8 Å². The molecule has 1 saturated carbocycles. The Balaban J connectivity index is 1.63. The summed E-state index contributed by atoms with van der Waals surface area (Å²) in [7, 11) is 0. The van der Waals surface area contributed by atoms with Gasteiger partial charge in [-0.1, -0.05) is 43.5 Å². The third-order valence-corrected chi connectivity index (χ3v) is 4.86. The number of rotatable bonds is 4. The van der Waals surface area contributed by atoms with E-state index in [2.05, 4.69) is 34.8 Å². The van der Waals surface area contributed by atoms with Gasteiger partial charge in [0, 0.05) is 5.56 Å². The predicted octanol–water partition coefficient (Wildman–Crippen LogP) is 4.59. The lowest BCUT2D eigenvalue weighted by Gasteiger charge is -2.22. The number of carbonyl (C=O) groups excluding carboxylic acids is 1. The lowest BCUT2D eigenvalue weighted by molar-refractivity contribution is 0.0955. The van der Waals surface area contributed by atoms with E-state index in [1.54, 1.807) is 12.1 Å². The van der Waals surface area contributed by atoms with E-state index in [0.717, 1.165) is 11.3 Å². The zero-order valence-electron chi connectivity index (χ0n) is 14.5. The molecule has 25 heavy (non-hydrogen) atoms. The van der Waals surface area contributed by atoms with Crippen LogP contribution in [0.5, 0.6) is 5.75 Å². The van der Waals surface area contributed by atoms with Gasteiger partial charge in [-0.15, -0.1) is 0 Å². The van der Waals surface area contributed by atoms with Crippen LogP contribution in [0.1, 0.15) is 66.4 Å². The number of hydrogen-bond acceptors (Lipinski definition) is 3. The number of hydrogen-bond donors (Lipinski definition) is 2. The quantitative estimate of drug-likeness (QED) is 0.633. The second-order valence-electron chi connectivity index (χ2n) is 6.64. The van der Waals surface area contributed by atoms with Crippen molar-refractivity contribution in [3.63, 3.8) is 0 Å². The first-order valence-corrected chi connectivity index (χ1v) is 8.87. The second-order valence-corrected chi connectivity index (χ2v) is 6.64. The lowest BCUT2D eigenvalue weighted by atomic mass is 9.84. The van der Waals surface area contributed by atoms with Crippen molar-refractivity contribution in [3.8, 4) is 5.75 Å². The van der Waals surface area contributed by atoms with Gasteiger partial charge in [-0.05, 0) is 61.1 Å². The molecule has 0 aromatic heterocycles. The number of phenolic OH excluding ortho intramolecular Hbond substituents is 1. The molecule has 0 atom stereocenters. The molecular weight excluding hydrogens is 312 g/mol. The number of nitrogens with zero attached hydrogens (tertiary/aromatic N) is 1. The summed E-state index contributed by atoms with van der Waals surface area (Å²) >= 11 is 0. The van der Waals surface area contributed by atoms with E-state index in [9.17, 15) is 9.90 Å². The van der Waals surface area contributed by atoms with Gasteiger partial charge in [-0.3, -0.25) is 4.79 Å². The van der Waals surface area contributed by atoms with Gasteiger partial charge in [0.1, 0.15) is 5.75 Å². The van der Waals surface area contributed by atoms with Crippen molar-refractivity contribution in [2.45, 2.75) is 44.9 Å². The molecule has 0 spiro atoms. The Bertz CT molecular complexity index is 742. The van der Waals surface area contributed by atoms with Crippen LogP contribution >= 0.6 is 0 Å². The van der Waals surface area contributed by atoms with E-state index in [0.29, 0.717) is 11.5 Å². The zero-order chi connectivity index (χ0) is 17.6. The molecule has 1 amide bonds. The summed E-state index contributed by atoms with van der Waals surface area (Å²) in [5, 5.41) is 13.5. The van der Waals surface area contributed by atoms with E-state index in [-0.39, 0.29) is 11.7 Å². The fraction of sp³-hybridized carbons (Fsp3) is 0.333. The molecule has 1 fully saturated rings. The van der Waals surface area contributed by atoms with Crippen LogP contribution in [0.3, 0.4) is 0 Å². The summed E-state index contributed by atoms with van der Waals surface area (Å²) in [4.78, 5) is 12.1. The maximum Gasteiger partial charge on any atom is 0.271 e. The highest BCUT2D eigenvalue weighted by Crippen LogP contribution is 2.32. The molecule has 1 aliphatic carbocycles. The molecule has 4 heteroatoms. The number of nitrogens with one attached hydrogen (secondary N) is 1. The molecule has 0 bridgehead atoms. The number of aromatic hydroxyl groups is 1. The molecule has 0 saturated heterocycles. The topological polar surface area (TPSA) is 61.7 Å². The van der Waals surface area contributed by atoms with Gasteiger partial charge in [0.05, 0.1) is 5.71 Å². The maximum atomic E-state index is 12.1. The first kappa shape index (κ1) is 17.2. The Hall–Kier alpha value is -2.62. The van der Waals surface area contributed by atoms with Crippen molar-refractivity contribution in [3.05, 3.63) is 65.2 Å². The number of hydrazone groups is 1. The lowest BCUT2D eigenvalue weighted by Crippen LogP contribution is -2.19. The van der Waals surface area contributed by atoms with Crippen molar-refractivity contribution in [1.29, 1.82) is 0 Å². The third-order valence-electron chi connectivity index (χ3n) is 4.86. The smallest absolute Gasteiger partial charge is 0.271 e. The molecule has 130 valence electrons. The first-order valence-electron chi connectivity index (χ1n) is 8.87. The van der Waals surface area contributed by atoms with Crippen LogP contribution in [0, 0.1) is 0 Å². The van der Waals surface area contributed by atoms with Gasteiger partial charge >= 0.3 is 0 Å². The Kier molecular flexibility index (Phi) is 5.49. The van der Waals surface area contributed by atoms with Gasteiger partial charge < -0.3 is 5.11 Å². The molecule has 0 unspecified atom stereocenters. The van der Waals surface area contributed by atoms with Gasteiger partial charge in [0.25, 0.3) is 5.91 Å². The molecule has 0 radical (unpaired) electrons. The average molecular weight is 336 g/mol. The standard InChI is InChI=1S/C21H24N2O2/c1-15(22-23-21(25)19-11-13-20(24)14-12-19)16-7-9-18(10-8-16)17-5-3-2-4-6-17/h7-14,17,24H,2-6H2,1H3,(H,23,25)/b22-15+. The summed E-state index contributed by atoms with van der Waals surface area (Å²) < 4.78 is 0. The van der Waals surface area contributed by atoms with Crippen LogP contribution in [0.2, 0.25) is 0 Å². The van der Waals surface area contributed by atoms with E-state index >= 15 is 0 Å². The third kappa shape index (κ3) is 4.47. The Labute approximate surface area is 148 Å². The number of benzene rings is 2. The van der Waals surface area contributed by atoms with Crippen molar-refractivity contribution in [2.24, 2.45) is 5.10 Å². The minimum Gasteiger partial charge on any atom is -0.508 e. The molecule has 2 aromatic rings. The summed E-state index contributed by atoms with van der Waals surface area (Å²) in [6, 6.07) is 14.6. The first-order chi connectivity index (χ1) is 12.1. The Morgan fingerprint density at radius 3 is 2.20 bits per heavy atom. The van der Waals surface area contributed by atoms with Crippen LogP contribution in [0.15, 0.2) is 53.6 Å². The molecule has 1 aliphatic rings. The summed E-state index contributed by atoms with van der Waals surface area (Å²) in [5.41, 5.74) is 6.20. The molecule has 0 aliphatic heterocycles. The molecule has 3 rings (SSSR count). The zero-order valence-corrected chi connectivity index (χ0v) is 14.5. The number of phenols is 1. The normalized spacial score (nSPS) is 15.8. The van der Waals surface area contributed by atoms with Crippen LogP contribution in [0.4, 0.5) is 0 Å². The number of amides is 1. The molecule has 2 N–H and O–H groups in total. The minimum absolute atomic E-state index is 0.134. The van der Waals surface area contributed by atoms with Crippen LogP contribution in [0.25, 0.3) is 0 Å². The highest BCUT2D eigenvalue weighted by Gasteiger charge is 2.15. The summed E-state index contributed by atoms with van der Waals surface area (Å²) in [6.07, 6.45) is 6.59. The fourth-order valence-corrected chi connectivity index (χ4v) is 3.31. The van der Waals surface area contributed by atoms with Gasteiger partial charge in [0.2, 0.25) is 0 Å². The molecule has 4 nitrogen and oxygen atoms in total. The molecule has 2 aromatic carbocycles. The second kappa shape index (κ2) is 7.97. The van der Waals surface area contributed by atoms with Crippen molar-refractivity contribution < 1.29 is 9.90 Å². The van der Waals surface area contributed by atoms with Crippen molar-refractivity contribution >= 4 is 11.6 Å². The minimum atomic E-state index is -0.293. The summed E-state index contributed by atoms with van der Waals surface area (Å²) in [5.74, 6) is 0.529. The molecular formula is C21H24N2O2. The van der Waals surface area contributed by atoms with E-state index in [1.807, 2.05) is 6.92 Å². The van der Waals surface area contributed by atoms with Gasteiger partial charge in [-0.2, -0.15) is 5.10 Å². The van der Waals surface area contributed by atoms with Crippen molar-refractivity contribution in [2.75, 3.05) is 0 Å². The Morgan fingerprint density at radius 2 is 1.56 bits per heavy atom. The SMILES string of the molecule is C/C(=N\NC(=O)c1ccc(O)cc1)c1ccc(C2CCCCC2)cc1. The van der Waals surface area contributed by atoms with Crippen LogP contribution in [-0.2, 0) is 0 Å². The van der Waals surface area contributed by atoms with E-state index in [4.69, 9.17) is 0 Å². The van der Waals surface area contributed by atoms with Crippen LogP contribution in [-0.4, -0.2) is 16.7 Å². The van der Waals surface area contributed by atoms with Crippen LogP contribution < -0.4 is 5.43 Å². The summed E-state index contributed by atoms with van der Waals surface area (Å²) in [6.45, 7) is 1.88. The van der Waals surface area contributed by atoms with Gasteiger partial charge in [-0.25, -0.2) is 5.43 Å². The predicted molar refractivity (Wildman–Crippen MR) is 100 cm³/mol. The Morgan fingerprint density at radius 1 is 0.960 bits per heavy atom. The van der Waals surface area contributed by atoms with Crippen molar-refractivity contribution in [1.82, 2.24) is 5.43 Å². The highest BCUT2D eigenvalue weighted by molar-refractivity contribution is 6.00. The number of carbonyl (C=O) groups is 1. The maximum absolute atomic E-state index is 12.1. The largest absolute Gasteiger partial charge is 0.508 e. The monoisotopic (exact) mass is 336 g/mol. The van der Waals surface area contributed by atoms with Gasteiger partial charge in [0.15, 0.2) is 0 Å².